The summed E-state index contributed by atoms with van der Waals surface area (Å²) in [6, 6.07) is 0. The minimum atomic E-state index is -1.58. The zero-order chi connectivity index (χ0) is 14.4. The number of aliphatic hydroxyl groups is 1. The van der Waals surface area contributed by atoms with Gasteiger partial charge < -0.3 is 14.6 Å². The van der Waals surface area contributed by atoms with Gasteiger partial charge >= 0.3 is 0 Å². The predicted octanol–water partition coefficient (Wildman–Crippen LogP) is 3.30. The quantitative estimate of drug-likeness (QED) is 0.649. The molecule has 0 spiro atoms. The number of hydrogen-bond acceptors (Lipinski definition) is 3. The minimum Gasteiger partial charge on any atom is -0.390 e. The Morgan fingerprint density at radius 2 is 1.78 bits per heavy atom. The van der Waals surface area contributed by atoms with Crippen molar-refractivity contribution in [1.82, 2.24) is 0 Å². The number of alkyl halides is 1. The summed E-state index contributed by atoms with van der Waals surface area (Å²) in [4.78, 5) is 0. The summed E-state index contributed by atoms with van der Waals surface area (Å²) >= 11 is 0. The van der Waals surface area contributed by atoms with Crippen molar-refractivity contribution in [3.05, 3.63) is 0 Å². The van der Waals surface area contributed by atoms with E-state index < -0.39 is 11.8 Å². The molecule has 0 aliphatic heterocycles. The zero-order valence-corrected chi connectivity index (χ0v) is 12.6. The van der Waals surface area contributed by atoms with Crippen molar-refractivity contribution in [2.24, 2.45) is 5.41 Å². The molecule has 0 aromatic carbocycles. The van der Waals surface area contributed by atoms with Gasteiger partial charge in [-0.2, -0.15) is 0 Å². The molecule has 0 radical (unpaired) electrons. The fourth-order valence-electron chi connectivity index (χ4n) is 1.65. The van der Waals surface area contributed by atoms with Gasteiger partial charge in [-0.15, -0.1) is 0 Å². The van der Waals surface area contributed by atoms with Crippen molar-refractivity contribution in [2.75, 3.05) is 13.7 Å². The van der Waals surface area contributed by atoms with E-state index in [4.69, 9.17) is 9.47 Å². The molecular weight excluding hydrogens is 235 g/mol. The van der Waals surface area contributed by atoms with Gasteiger partial charge in [0.25, 0.3) is 0 Å². The summed E-state index contributed by atoms with van der Waals surface area (Å²) in [5.41, 5.74) is -1.87. The molecule has 0 aliphatic carbocycles. The lowest BCUT2D eigenvalue weighted by Crippen LogP contribution is -2.37. The summed E-state index contributed by atoms with van der Waals surface area (Å²) in [5.74, 6) is 0. The van der Waals surface area contributed by atoms with Crippen molar-refractivity contribution in [3.8, 4) is 0 Å². The summed E-state index contributed by atoms with van der Waals surface area (Å²) in [6.07, 6.45) is 0.982. The lowest BCUT2D eigenvalue weighted by atomic mass is 9.83. The molecule has 2 atom stereocenters. The Morgan fingerprint density at radius 3 is 2.17 bits per heavy atom. The Balaban J connectivity index is 4.22. The van der Waals surface area contributed by atoms with Crippen LogP contribution >= 0.6 is 0 Å². The maximum atomic E-state index is 13.6. The molecule has 0 aliphatic rings. The molecule has 0 bridgehead atoms. The highest BCUT2D eigenvalue weighted by Crippen LogP contribution is 2.29. The number of halogens is 1. The number of ether oxygens (including phenoxy) is 2. The smallest absolute Gasteiger partial charge is 0.157 e. The molecule has 0 aromatic heterocycles. The number of rotatable bonds is 9. The average molecular weight is 264 g/mol. The molecule has 3 nitrogen and oxygen atoms in total. The van der Waals surface area contributed by atoms with E-state index in [1.165, 1.54) is 13.8 Å². The van der Waals surface area contributed by atoms with Crippen LogP contribution < -0.4 is 0 Å². The van der Waals surface area contributed by atoms with Gasteiger partial charge in [0.2, 0.25) is 0 Å². The van der Waals surface area contributed by atoms with Crippen molar-refractivity contribution in [3.63, 3.8) is 0 Å². The van der Waals surface area contributed by atoms with Crippen molar-refractivity contribution >= 4 is 0 Å². The fraction of sp³-hybridized carbons (Fsp3) is 1.00. The number of hydrogen-bond donors (Lipinski definition) is 1. The molecule has 18 heavy (non-hydrogen) atoms. The first kappa shape index (κ1) is 17.8. The largest absolute Gasteiger partial charge is 0.390 e. The van der Waals surface area contributed by atoms with Crippen molar-refractivity contribution in [2.45, 2.75) is 71.9 Å². The molecule has 0 saturated carbocycles. The normalized spacial score (nSPS) is 16.7. The Bertz CT molecular complexity index is 224. The van der Waals surface area contributed by atoms with Gasteiger partial charge in [0.05, 0.1) is 12.7 Å². The van der Waals surface area contributed by atoms with Crippen LogP contribution in [-0.4, -0.2) is 36.9 Å². The molecule has 0 fully saturated rings. The van der Waals surface area contributed by atoms with E-state index in [0.29, 0.717) is 13.0 Å². The number of methoxy groups -OCH3 is 1. The third-order valence-corrected chi connectivity index (χ3v) is 2.99. The highest BCUT2D eigenvalue weighted by molar-refractivity contribution is 4.83. The standard InChI is InChI=1S/C14H29FO3/c1-7-8-12(17-6)18-10-13(2,3)9-11(16)14(4,5)15/h11-12,16H,7-10H2,1-6H3/t11-,12?/m0/s1. The summed E-state index contributed by atoms with van der Waals surface area (Å²) < 4.78 is 24.4. The van der Waals surface area contributed by atoms with Gasteiger partial charge in [0, 0.05) is 7.11 Å². The molecule has 1 unspecified atom stereocenters. The summed E-state index contributed by atoms with van der Waals surface area (Å²) in [5, 5.41) is 9.79. The fourth-order valence-corrected chi connectivity index (χ4v) is 1.65. The monoisotopic (exact) mass is 264 g/mol. The van der Waals surface area contributed by atoms with E-state index >= 15 is 0 Å². The Labute approximate surface area is 111 Å². The lowest BCUT2D eigenvalue weighted by Gasteiger charge is -2.32. The van der Waals surface area contributed by atoms with Crippen LogP contribution in [0.3, 0.4) is 0 Å². The number of aliphatic hydroxyl groups excluding tert-OH is 1. The Kier molecular flexibility index (Phi) is 7.33. The van der Waals surface area contributed by atoms with E-state index in [2.05, 4.69) is 6.92 Å². The highest BCUT2D eigenvalue weighted by atomic mass is 19.1. The van der Waals surface area contributed by atoms with Crippen LogP contribution in [0.25, 0.3) is 0 Å². The second-order valence-electron chi connectivity index (χ2n) is 6.21. The van der Waals surface area contributed by atoms with E-state index in [1.807, 2.05) is 13.8 Å². The topological polar surface area (TPSA) is 38.7 Å². The minimum absolute atomic E-state index is 0.218. The zero-order valence-electron chi connectivity index (χ0n) is 12.6. The summed E-state index contributed by atoms with van der Waals surface area (Å²) in [6.45, 7) is 9.21. The van der Waals surface area contributed by atoms with Gasteiger partial charge in [-0.3, -0.25) is 0 Å². The Hall–Kier alpha value is -0.190. The maximum absolute atomic E-state index is 13.6. The lowest BCUT2D eigenvalue weighted by molar-refractivity contribution is -0.151. The highest BCUT2D eigenvalue weighted by Gasteiger charge is 2.33. The van der Waals surface area contributed by atoms with Crippen LogP contribution in [0.4, 0.5) is 4.39 Å². The van der Waals surface area contributed by atoms with Gasteiger partial charge in [-0.05, 0) is 32.1 Å². The molecule has 4 heteroatoms. The molecule has 0 aromatic rings. The van der Waals surface area contributed by atoms with Crippen molar-refractivity contribution in [1.29, 1.82) is 0 Å². The van der Waals surface area contributed by atoms with Crippen LogP contribution in [0.15, 0.2) is 0 Å². The maximum Gasteiger partial charge on any atom is 0.157 e. The van der Waals surface area contributed by atoms with Crippen LogP contribution in [0.1, 0.15) is 53.9 Å². The molecular formula is C14H29FO3. The predicted molar refractivity (Wildman–Crippen MR) is 71.2 cm³/mol. The third kappa shape index (κ3) is 7.29. The second kappa shape index (κ2) is 7.41. The molecule has 0 rings (SSSR count). The first-order valence-electron chi connectivity index (χ1n) is 6.63. The Morgan fingerprint density at radius 1 is 1.22 bits per heavy atom. The first-order valence-corrected chi connectivity index (χ1v) is 6.63. The second-order valence-corrected chi connectivity index (χ2v) is 6.21. The van der Waals surface area contributed by atoms with Crippen LogP contribution in [0.2, 0.25) is 0 Å². The van der Waals surface area contributed by atoms with Crippen molar-refractivity contribution < 1.29 is 19.0 Å². The summed E-state index contributed by atoms with van der Waals surface area (Å²) in [7, 11) is 1.62. The van der Waals surface area contributed by atoms with Crippen LogP contribution in [-0.2, 0) is 9.47 Å². The molecule has 1 N–H and O–H groups in total. The van der Waals surface area contributed by atoms with Gasteiger partial charge in [-0.1, -0.05) is 27.2 Å². The first-order chi connectivity index (χ1) is 8.12. The average Bonchev–Trinajstić information content (AvgIpc) is 2.22. The molecule has 0 saturated heterocycles. The van der Waals surface area contributed by atoms with Crippen LogP contribution in [0, 0.1) is 5.41 Å². The van der Waals surface area contributed by atoms with E-state index in [-0.39, 0.29) is 11.7 Å². The van der Waals surface area contributed by atoms with Crippen LogP contribution in [0.5, 0.6) is 0 Å². The van der Waals surface area contributed by atoms with E-state index in [1.54, 1.807) is 7.11 Å². The van der Waals surface area contributed by atoms with E-state index in [9.17, 15) is 9.50 Å². The van der Waals surface area contributed by atoms with Gasteiger partial charge in [-0.25, -0.2) is 4.39 Å². The van der Waals surface area contributed by atoms with E-state index in [0.717, 1.165) is 12.8 Å². The molecule has 110 valence electrons. The third-order valence-electron chi connectivity index (χ3n) is 2.99. The molecule has 0 heterocycles. The molecule has 0 amide bonds. The van der Waals surface area contributed by atoms with Gasteiger partial charge in [0.15, 0.2) is 6.29 Å². The SMILES string of the molecule is CCCC(OC)OCC(C)(C)C[C@H](O)C(C)(C)F. The van der Waals surface area contributed by atoms with Gasteiger partial charge in [0.1, 0.15) is 5.67 Å².